The lowest BCUT2D eigenvalue weighted by molar-refractivity contribution is -0.167. The van der Waals surface area contributed by atoms with Crippen LogP contribution >= 0.6 is 0 Å². The summed E-state index contributed by atoms with van der Waals surface area (Å²) in [7, 11) is 0. The van der Waals surface area contributed by atoms with E-state index in [9.17, 15) is 14.4 Å². The fourth-order valence-electron chi connectivity index (χ4n) is 6.84. The van der Waals surface area contributed by atoms with E-state index in [1.165, 1.54) is 51.4 Å². The third kappa shape index (κ3) is 52.6. The first kappa shape index (κ1) is 62.8. The third-order valence-corrected chi connectivity index (χ3v) is 10.9. The molecule has 0 aromatic carbocycles. The van der Waals surface area contributed by atoms with Gasteiger partial charge in [0.05, 0.1) is 0 Å². The fraction of sp³-hybridized carbons (Fsp3) is 0.623. The molecule has 378 valence electrons. The van der Waals surface area contributed by atoms with Gasteiger partial charge in [-0.2, -0.15) is 0 Å². The molecule has 0 N–H and O–H groups in total. The third-order valence-electron chi connectivity index (χ3n) is 10.9. The number of carbonyl (C=O) groups excluding carboxylic acids is 3. The summed E-state index contributed by atoms with van der Waals surface area (Å²) in [5.41, 5.74) is 0. The maximum absolute atomic E-state index is 12.8. The molecule has 0 aromatic rings. The van der Waals surface area contributed by atoms with Crippen molar-refractivity contribution in [2.45, 2.75) is 232 Å². The van der Waals surface area contributed by atoms with Gasteiger partial charge in [0.15, 0.2) is 6.10 Å². The molecule has 0 fully saturated rings. The molecular weight excluding hydrogens is 829 g/mol. The van der Waals surface area contributed by atoms with Crippen LogP contribution in [0.25, 0.3) is 0 Å². The zero-order valence-electron chi connectivity index (χ0n) is 43.1. The van der Waals surface area contributed by atoms with E-state index in [1.807, 2.05) is 0 Å². The van der Waals surface area contributed by atoms with Gasteiger partial charge in [0.1, 0.15) is 13.2 Å². The van der Waals surface area contributed by atoms with E-state index in [0.717, 1.165) is 128 Å². The fourth-order valence-corrected chi connectivity index (χ4v) is 6.84. The number of unbranched alkanes of at least 4 members (excludes halogenated alkanes) is 16. The van der Waals surface area contributed by atoms with Gasteiger partial charge in [0, 0.05) is 19.3 Å². The maximum atomic E-state index is 12.8. The van der Waals surface area contributed by atoms with Gasteiger partial charge in [0.2, 0.25) is 0 Å². The molecule has 0 amide bonds. The minimum Gasteiger partial charge on any atom is -0.462 e. The average molecular weight is 927 g/mol. The van der Waals surface area contributed by atoms with Crippen molar-refractivity contribution in [3.63, 3.8) is 0 Å². The van der Waals surface area contributed by atoms with Crippen LogP contribution in [0, 0.1) is 0 Å². The molecule has 0 unspecified atom stereocenters. The lowest BCUT2D eigenvalue weighted by Crippen LogP contribution is -2.30. The van der Waals surface area contributed by atoms with Crippen molar-refractivity contribution in [1.29, 1.82) is 0 Å². The van der Waals surface area contributed by atoms with E-state index in [1.54, 1.807) is 0 Å². The smallest absolute Gasteiger partial charge is 0.306 e. The number of allylic oxidation sites excluding steroid dienone is 20. The second-order valence-corrected chi connectivity index (χ2v) is 17.4. The Kier molecular flexibility index (Phi) is 51.0. The van der Waals surface area contributed by atoms with E-state index in [-0.39, 0.29) is 37.5 Å². The van der Waals surface area contributed by atoms with Gasteiger partial charge in [-0.25, -0.2) is 0 Å². The molecule has 0 spiro atoms. The number of hydrogen-bond acceptors (Lipinski definition) is 6. The first-order valence-electron chi connectivity index (χ1n) is 27.0. The van der Waals surface area contributed by atoms with Crippen LogP contribution in [0.5, 0.6) is 0 Å². The number of rotatable bonds is 47. The van der Waals surface area contributed by atoms with E-state index in [4.69, 9.17) is 14.2 Å². The average Bonchev–Trinajstić information content (AvgIpc) is 3.33. The zero-order valence-corrected chi connectivity index (χ0v) is 43.1. The standard InChI is InChI=1S/C61H98O6/c1-4-7-10-13-16-19-22-24-26-28-30-32-34-36-39-42-45-48-51-54-60(63)66-57-58(56-65-59(62)53-50-47-44-41-38-21-18-15-12-9-6-3)67-61(64)55-52-49-46-43-40-37-35-33-31-29-27-25-23-20-17-14-11-8-5-2/h7,10,15-20,24-27,30-33,36-37,39-40,58H,4-6,8-9,11-14,21-23,28-29,34-35,38,41-57H2,1-3H3/b10-7-,18-15-,19-16-,20-17-,26-24-,27-25-,32-30-,33-31-,39-36-,40-37-/t58-/m1/s1. The number of hydrogen-bond donors (Lipinski definition) is 0. The highest BCUT2D eigenvalue weighted by molar-refractivity contribution is 5.71. The second-order valence-electron chi connectivity index (χ2n) is 17.4. The van der Waals surface area contributed by atoms with Crippen molar-refractivity contribution in [1.82, 2.24) is 0 Å². The molecule has 6 heteroatoms. The molecule has 1 atom stereocenters. The predicted octanol–water partition coefficient (Wildman–Crippen LogP) is 18.1. The Balaban J connectivity index is 4.51. The number of esters is 3. The molecule has 0 aliphatic carbocycles. The van der Waals surface area contributed by atoms with Gasteiger partial charge < -0.3 is 14.2 Å². The van der Waals surface area contributed by atoms with Gasteiger partial charge in [-0.05, 0) is 128 Å². The highest BCUT2D eigenvalue weighted by Gasteiger charge is 2.19. The molecule has 0 aliphatic heterocycles. The predicted molar refractivity (Wildman–Crippen MR) is 288 cm³/mol. The molecule has 0 rings (SSSR count). The van der Waals surface area contributed by atoms with Gasteiger partial charge in [-0.3, -0.25) is 14.4 Å². The summed E-state index contributed by atoms with van der Waals surface area (Å²) >= 11 is 0. The van der Waals surface area contributed by atoms with Crippen LogP contribution in [0.2, 0.25) is 0 Å². The topological polar surface area (TPSA) is 78.9 Å². The quantitative estimate of drug-likeness (QED) is 0.0262. The lowest BCUT2D eigenvalue weighted by atomic mass is 10.1. The molecule has 0 saturated carbocycles. The summed E-state index contributed by atoms with van der Waals surface area (Å²) in [6, 6.07) is 0. The summed E-state index contributed by atoms with van der Waals surface area (Å²) in [5, 5.41) is 0. The highest BCUT2D eigenvalue weighted by atomic mass is 16.6. The Labute approximate surface area is 412 Å². The molecule has 6 nitrogen and oxygen atoms in total. The summed E-state index contributed by atoms with van der Waals surface area (Å²) < 4.78 is 16.8. The van der Waals surface area contributed by atoms with Gasteiger partial charge in [0.25, 0.3) is 0 Å². The van der Waals surface area contributed by atoms with Crippen molar-refractivity contribution in [3.8, 4) is 0 Å². The Morgan fingerprint density at radius 1 is 0.313 bits per heavy atom. The van der Waals surface area contributed by atoms with E-state index in [0.29, 0.717) is 19.3 Å². The number of ether oxygens (including phenoxy) is 3. The first-order chi connectivity index (χ1) is 33.0. The van der Waals surface area contributed by atoms with Gasteiger partial charge in [-0.15, -0.1) is 0 Å². The van der Waals surface area contributed by atoms with Crippen molar-refractivity contribution < 1.29 is 28.6 Å². The Morgan fingerprint density at radius 2 is 0.597 bits per heavy atom. The van der Waals surface area contributed by atoms with E-state index in [2.05, 4.69) is 142 Å². The summed E-state index contributed by atoms with van der Waals surface area (Å²) in [5.74, 6) is -0.990. The molecule has 0 aliphatic rings. The van der Waals surface area contributed by atoms with Crippen LogP contribution < -0.4 is 0 Å². The summed E-state index contributed by atoms with van der Waals surface area (Å²) in [6.07, 6.45) is 74.7. The molecule has 0 bridgehead atoms. The minimum atomic E-state index is -0.815. The van der Waals surface area contributed by atoms with Crippen LogP contribution in [0.3, 0.4) is 0 Å². The SMILES string of the molecule is CC/C=C\C/C=C\C/C=C\C/C=C\C/C=C\CCCCCC(=O)OC[C@@H](COC(=O)CCCCCCC/C=C\CCCC)OC(=O)CCCCC/C=C\C/C=C\C/C=C\C/C=C\CCCCC. The van der Waals surface area contributed by atoms with Crippen LogP contribution in [-0.4, -0.2) is 37.2 Å². The summed E-state index contributed by atoms with van der Waals surface area (Å²) in [6.45, 7) is 6.38. The Bertz CT molecular complexity index is 1440. The lowest BCUT2D eigenvalue weighted by Gasteiger charge is -2.18. The molecule has 0 saturated heterocycles. The molecule has 0 radical (unpaired) electrons. The first-order valence-corrected chi connectivity index (χ1v) is 27.0. The van der Waals surface area contributed by atoms with Crippen molar-refractivity contribution in [2.75, 3.05) is 13.2 Å². The van der Waals surface area contributed by atoms with Gasteiger partial charge >= 0.3 is 17.9 Å². The normalized spacial score (nSPS) is 13.1. The minimum absolute atomic E-state index is 0.110. The molecule has 0 heterocycles. The van der Waals surface area contributed by atoms with Crippen molar-refractivity contribution in [2.24, 2.45) is 0 Å². The van der Waals surface area contributed by atoms with Crippen molar-refractivity contribution in [3.05, 3.63) is 122 Å². The Hall–Kier alpha value is -4.19. The molecule has 67 heavy (non-hydrogen) atoms. The van der Waals surface area contributed by atoms with Crippen LogP contribution in [0.4, 0.5) is 0 Å². The zero-order chi connectivity index (χ0) is 48.6. The maximum Gasteiger partial charge on any atom is 0.306 e. The van der Waals surface area contributed by atoms with Gasteiger partial charge in [-0.1, -0.05) is 200 Å². The number of carbonyl (C=O) groups is 3. The van der Waals surface area contributed by atoms with Crippen LogP contribution in [0.15, 0.2) is 122 Å². The molecular formula is C61H98O6. The monoisotopic (exact) mass is 927 g/mol. The largest absolute Gasteiger partial charge is 0.462 e. The van der Waals surface area contributed by atoms with E-state index >= 15 is 0 Å². The second kappa shape index (κ2) is 54.4. The van der Waals surface area contributed by atoms with Crippen LogP contribution in [-0.2, 0) is 28.6 Å². The van der Waals surface area contributed by atoms with Crippen molar-refractivity contribution >= 4 is 17.9 Å². The van der Waals surface area contributed by atoms with Crippen LogP contribution in [0.1, 0.15) is 226 Å². The molecule has 0 aromatic heterocycles. The Morgan fingerprint density at radius 3 is 0.985 bits per heavy atom. The van der Waals surface area contributed by atoms with E-state index < -0.39 is 6.10 Å². The highest BCUT2D eigenvalue weighted by Crippen LogP contribution is 2.12. The summed E-state index contributed by atoms with van der Waals surface area (Å²) in [4.78, 5) is 38.0.